The number of amides is 2. The highest BCUT2D eigenvalue weighted by molar-refractivity contribution is 6.59. The van der Waals surface area contributed by atoms with E-state index >= 15 is 0 Å². The maximum Gasteiger partial charge on any atom is 0.489 e. The lowest BCUT2D eigenvalue weighted by Gasteiger charge is -2.23. The molecule has 0 saturated heterocycles. The molecule has 0 aliphatic carbocycles. The molecule has 0 aliphatic rings. The second-order valence-corrected chi connectivity index (χ2v) is 6.33. The Morgan fingerprint density at radius 1 is 1.07 bits per heavy atom. The molecule has 0 aliphatic heterocycles. The highest BCUT2D eigenvalue weighted by Crippen LogP contribution is 2.29. The summed E-state index contributed by atoms with van der Waals surface area (Å²) >= 11 is 0. The molecule has 2 amide bonds. The van der Waals surface area contributed by atoms with Gasteiger partial charge in [-0.3, -0.25) is 9.59 Å². The van der Waals surface area contributed by atoms with Crippen molar-refractivity contribution in [3.8, 4) is 0 Å². The molecular weight excluding hydrogens is 390 g/mol. The van der Waals surface area contributed by atoms with Crippen LogP contribution in [0.3, 0.4) is 0 Å². The molecule has 0 bridgehead atoms. The lowest BCUT2D eigenvalue weighted by molar-refractivity contribution is -0.136. The van der Waals surface area contributed by atoms with Crippen LogP contribution < -0.4 is 16.9 Å². The number of halogens is 3. The maximum absolute atomic E-state index is 13.3. The van der Waals surface area contributed by atoms with Gasteiger partial charge in [0.2, 0.25) is 5.91 Å². The molecule has 6 N–H and O–H groups in total. The van der Waals surface area contributed by atoms with Gasteiger partial charge < -0.3 is 26.4 Å². The summed E-state index contributed by atoms with van der Waals surface area (Å²) in [6, 6.07) is 9.18. The van der Waals surface area contributed by atoms with Crippen LogP contribution in [0.1, 0.15) is 27.0 Å². The molecule has 29 heavy (non-hydrogen) atoms. The van der Waals surface area contributed by atoms with Crippen LogP contribution in [-0.4, -0.2) is 40.4 Å². The number of carbonyl (C=O) groups excluding carboxylic acids is 2. The minimum absolute atomic E-state index is 0.0820. The molecule has 0 heterocycles. The molecule has 0 radical (unpaired) electrons. The van der Waals surface area contributed by atoms with E-state index in [0.717, 1.165) is 22.6 Å². The Morgan fingerprint density at radius 2 is 1.72 bits per heavy atom. The Balaban J connectivity index is 2.41. The molecule has 7 nitrogen and oxygen atoms in total. The molecule has 11 heteroatoms. The van der Waals surface area contributed by atoms with Gasteiger partial charge in [0.15, 0.2) is 0 Å². The minimum atomic E-state index is -4.92. The van der Waals surface area contributed by atoms with Crippen molar-refractivity contribution in [2.45, 2.75) is 19.3 Å². The number of benzene rings is 2. The number of hydrogen-bond donors (Lipinski definition) is 4. The molecule has 0 unspecified atom stereocenters. The van der Waals surface area contributed by atoms with Crippen LogP contribution in [0.15, 0.2) is 42.5 Å². The summed E-state index contributed by atoms with van der Waals surface area (Å²) in [5, 5.41) is 18.3. The topological polar surface area (TPSA) is 130 Å². The normalized spacial score (nSPS) is 11.2. The standard InChI is InChI=1S/C18H19BF3N3O4/c20-18(21,22)14-7-13(4-5-15(14)19(28)29)17(27)25(10-16(24)26)9-12-3-1-2-11(6-12)8-23/h1-7,28-29H,8-10,23H2,(H2,24,26). The van der Waals surface area contributed by atoms with E-state index in [0.29, 0.717) is 11.6 Å². The van der Waals surface area contributed by atoms with Crippen LogP contribution in [-0.2, 0) is 24.1 Å². The van der Waals surface area contributed by atoms with Crippen LogP contribution in [0.25, 0.3) is 0 Å². The van der Waals surface area contributed by atoms with Gasteiger partial charge in [-0.25, -0.2) is 0 Å². The van der Waals surface area contributed by atoms with Gasteiger partial charge in [-0.05, 0) is 28.7 Å². The molecule has 0 spiro atoms. The van der Waals surface area contributed by atoms with Crippen molar-refractivity contribution in [2.24, 2.45) is 11.5 Å². The zero-order chi connectivity index (χ0) is 21.8. The van der Waals surface area contributed by atoms with Gasteiger partial charge in [0.1, 0.15) is 0 Å². The molecule has 2 rings (SSSR count). The van der Waals surface area contributed by atoms with Gasteiger partial charge in [0.05, 0.1) is 12.1 Å². The smallest absolute Gasteiger partial charge is 0.423 e. The largest absolute Gasteiger partial charge is 0.489 e. The number of nitrogens with zero attached hydrogens (tertiary/aromatic N) is 1. The summed E-state index contributed by atoms with van der Waals surface area (Å²) in [4.78, 5) is 25.2. The van der Waals surface area contributed by atoms with Gasteiger partial charge in [-0.15, -0.1) is 0 Å². The number of carbonyl (C=O) groups is 2. The van der Waals surface area contributed by atoms with E-state index in [1.54, 1.807) is 24.3 Å². The average molecular weight is 409 g/mol. The maximum atomic E-state index is 13.3. The van der Waals surface area contributed by atoms with Crippen LogP contribution in [0.5, 0.6) is 0 Å². The first-order valence-electron chi connectivity index (χ1n) is 8.45. The molecule has 2 aromatic carbocycles. The molecule has 2 aromatic rings. The number of hydrogen-bond acceptors (Lipinski definition) is 5. The third-order valence-electron chi connectivity index (χ3n) is 4.12. The molecule has 154 valence electrons. The molecule has 0 aromatic heterocycles. The first-order valence-corrected chi connectivity index (χ1v) is 8.45. The van der Waals surface area contributed by atoms with Gasteiger partial charge in [0, 0.05) is 18.7 Å². The number of rotatable bonds is 7. The highest BCUT2D eigenvalue weighted by atomic mass is 19.4. The summed E-state index contributed by atoms with van der Waals surface area (Å²) in [5.41, 5.74) is 9.62. The predicted molar refractivity (Wildman–Crippen MR) is 99.5 cm³/mol. The Hall–Kier alpha value is -2.89. The number of alkyl halides is 3. The molecule has 0 fully saturated rings. The number of primary amides is 1. The van der Waals surface area contributed by atoms with Crippen molar-refractivity contribution in [3.05, 3.63) is 64.7 Å². The summed E-state index contributed by atoms with van der Waals surface area (Å²) in [6.07, 6.45) is -4.92. The van der Waals surface area contributed by atoms with Crippen LogP contribution in [0.2, 0.25) is 0 Å². The van der Waals surface area contributed by atoms with Gasteiger partial charge in [-0.1, -0.05) is 30.3 Å². The van der Waals surface area contributed by atoms with E-state index < -0.39 is 42.7 Å². The Labute approximate surface area is 164 Å². The van der Waals surface area contributed by atoms with E-state index in [1.807, 2.05) is 0 Å². The second kappa shape index (κ2) is 9.08. The summed E-state index contributed by atoms with van der Waals surface area (Å²) in [5.74, 6) is -1.71. The van der Waals surface area contributed by atoms with Gasteiger partial charge in [0.25, 0.3) is 5.91 Å². The minimum Gasteiger partial charge on any atom is -0.423 e. The fourth-order valence-corrected chi connectivity index (χ4v) is 2.81. The molecule has 0 saturated carbocycles. The second-order valence-electron chi connectivity index (χ2n) is 6.33. The third kappa shape index (κ3) is 5.80. The fourth-order valence-electron chi connectivity index (χ4n) is 2.81. The van der Waals surface area contributed by atoms with Crippen molar-refractivity contribution in [2.75, 3.05) is 6.54 Å². The van der Waals surface area contributed by atoms with Crippen molar-refractivity contribution in [1.82, 2.24) is 4.90 Å². The van der Waals surface area contributed by atoms with E-state index in [1.165, 1.54) is 0 Å². The third-order valence-corrected chi connectivity index (χ3v) is 4.12. The van der Waals surface area contributed by atoms with E-state index in [2.05, 4.69) is 0 Å². The summed E-state index contributed by atoms with van der Waals surface area (Å²) < 4.78 is 39.8. The predicted octanol–water partition coefficient (Wildman–Crippen LogP) is -0.0284. The zero-order valence-corrected chi connectivity index (χ0v) is 15.2. The van der Waals surface area contributed by atoms with E-state index in [-0.39, 0.29) is 18.7 Å². The van der Waals surface area contributed by atoms with Crippen molar-refractivity contribution in [3.63, 3.8) is 0 Å². The van der Waals surface area contributed by atoms with E-state index in [9.17, 15) is 22.8 Å². The van der Waals surface area contributed by atoms with Crippen LogP contribution in [0.4, 0.5) is 13.2 Å². The summed E-state index contributed by atoms with van der Waals surface area (Å²) in [7, 11) is -2.36. The monoisotopic (exact) mass is 409 g/mol. The van der Waals surface area contributed by atoms with Gasteiger partial charge in [-0.2, -0.15) is 13.2 Å². The van der Waals surface area contributed by atoms with Crippen molar-refractivity contribution in [1.29, 1.82) is 0 Å². The quantitative estimate of drug-likeness (QED) is 0.478. The summed E-state index contributed by atoms with van der Waals surface area (Å²) in [6.45, 7) is -0.351. The Kier molecular flexibility index (Phi) is 7.01. The zero-order valence-electron chi connectivity index (χ0n) is 15.2. The van der Waals surface area contributed by atoms with Gasteiger partial charge >= 0.3 is 13.3 Å². The van der Waals surface area contributed by atoms with Crippen molar-refractivity contribution >= 4 is 24.4 Å². The first-order chi connectivity index (χ1) is 13.5. The fraction of sp³-hybridized carbons (Fsp3) is 0.222. The average Bonchev–Trinajstić information content (AvgIpc) is 2.65. The Bertz CT molecular complexity index is 906. The van der Waals surface area contributed by atoms with Crippen LogP contribution in [0, 0.1) is 0 Å². The lowest BCUT2D eigenvalue weighted by Crippen LogP contribution is -2.39. The Morgan fingerprint density at radius 3 is 2.28 bits per heavy atom. The first kappa shape index (κ1) is 22.4. The van der Waals surface area contributed by atoms with Crippen molar-refractivity contribution < 1.29 is 32.8 Å². The number of nitrogens with two attached hydrogens (primary N) is 2. The molecular formula is C18H19BF3N3O4. The van der Waals surface area contributed by atoms with E-state index in [4.69, 9.17) is 21.5 Å². The highest BCUT2D eigenvalue weighted by Gasteiger charge is 2.37. The SMILES string of the molecule is NCc1cccc(CN(CC(N)=O)C(=O)c2ccc(B(O)O)c(C(F)(F)F)c2)c1. The lowest BCUT2D eigenvalue weighted by atomic mass is 9.76. The molecule has 0 atom stereocenters. The van der Waals surface area contributed by atoms with Crippen LogP contribution >= 0.6 is 0 Å².